The van der Waals surface area contributed by atoms with Crippen LogP contribution in [0.4, 0.5) is 5.82 Å². The molecule has 0 aliphatic heterocycles. The summed E-state index contributed by atoms with van der Waals surface area (Å²) in [6, 6.07) is 0.588. The molecule has 0 spiro atoms. The highest BCUT2D eigenvalue weighted by atomic mass is 15.1. The Hall–Kier alpha value is -1.91. The Morgan fingerprint density at radius 2 is 2.10 bits per heavy atom. The van der Waals surface area contributed by atoms with Gasteiger partial charge in [-0.3, -0.25) is 0 Å². The highest BCUT2D eigenvalue weighted by molar-refractivity contribution is 5.56. The highest BCUT2D eigenvalue weighted by Crippen LogP contribution is 2.37. The quantitative estimate of drug-likeness (QED) is 0.908. The van der Waals surface area contributed by atoms with Gasteiger partial charge in [0.05, 0.1) is 12.5 Å². The first-order chi connectivity index (χ1) is 9.74. The van der Waals surface area contributed by atoms with Gasteiger partial charge in [-0.2, -0.15) is 0 Å². The minimum atomic E-state index is 0.588. The van der Waals surface area contributed by atoms with Crippen LogP contribution >= 0.6 is 0 Å². The first-order valence-corrected chi connectivity index (χ1v) is 7.38. The van der Waals surface area contributed by atoms with Crippen LogP contribution in [-0.2, 0) is 6.42 Å². The molecule has 2 aromatic rings. The largest absolute Gasteiger partial charge is 0.370 e. The van der Waals surface area contributed by atoms with Gasteiger partial charge >= 0.3 is 0 Å². The lowest BCUT2D eigenvalue weighted by Gasteiger charge is -2.13. The molecule has 0 amide bonds. The summed E-state index contributed by atoms with van der Waals surface area (Å²) in [4.78, 5) is 13.7. The minimum Gasteiger partial charge on any atom is -0.370 e. The molecule has 2 heterocycles. The van der Waals surface area contributed by atoms with E-state index in [2.05, 4.69) is 35.6 Å². The van der Waals surface area contributed by atoms with E-state index in [1.165, 1.54) is 12.8 Å². The third-order valence-electron chi connectivity index (χ3n) is 3.76. The van der Waals surface area contributed by atoms with E-state index in [1.807, 2.05) is 12.5 Å². The number of hydrogen-bond donors (Lipinski definition) is 1. The number of hydrogen-bond acceptors (Lipinski definition) is 4. The molecule has 0 radical (unpaired) electrons. The van der Waals surface area contributed by atoms with Crippen molar-refractivity contribution in [1.29, 1.82) is 0 Å². The van der Waals surface area contributed by atoms with Crippen LogP contribution in [0.15, 0.2) is 12.5 Å². The van der Waals surface area contributed by atoms with Crippen LogP contribution in [0.5, 0.6) is 0 Å². The van der Waals surface area contributed by atoms with Crippen LogP contribution in [0.25, 0.3) is 11.5 Å². The SMILES string of the molecule is CCNc1nc(-c2cncn2C2CC2)nc(CC)c1C. The molecule has 1 aliphatic carbocycles. The van der Waals surface area contributed by atoms with Crippen LogP contribution in [-0.4, -0.2) is 26.1 Å². The molecule has 1 saturated carbocycles. The van der Waals surface area contributed by atoms with Gasteiger partial charge in [0.15, 0.2) is 5.82 Å². The number of nitrogens with one attached hydrogen (secondary N) is 1. The molecule has 20 heavy (non-hydrogen) atoms. The molecule has 0 atom stereocenters. The summed E-state index contributed by atoms with van der Waals surface area (Å²) in [7, 11) is 0. The van der Waals surface area contributed by atoms with Gasteiger partial charge in [0.1, 0.15) is 11.5 Å². The predicted octanol–water partition coefficient (Wildman–Crippen LogP) is 2.98. The molecule has 0 aromatic carbocycles. The van der Waals surface area contributed by atoms with E-state index in [0.717, 1.165) is 41.6 Å². The fraction of sp³-hybridized carbons (Fsp3) is 0.533. The van der Waals surface area contributed by atoms with E-state index in [-0.39, 0.29) is 0 Å². The normalized spacial score (nSPS) is 14.6. The summed E-state index contributed by atoms with van der Waals surface area (Å²) in [5.41, 5.74) is 3.28. The van der Waals surface area contributed by atoms with Crippen molar-refractivity contribution in [3.05, 3.63) is 23.8 Å². The average molecular weight is 271 g/mol. The van der Waals surface area contributed by atoms with Gasteiger partial charge in [-0.15, -0.1) is 0 Å². The summed E-state index contributed by atoms with van der Waals surface area (Å²) in [6.07, 6.45) is 7.15. The average Bonchev–Trinajstić information content (AvgIpc) is 3.19. The van der Waals surface area contributed by atoms with Gasteiger partial charge in [-0.25, -0.2) is 15.0 Å². The maximum atomic E-state index is 4.74. The standard InChI is InChI=1S/C15H21N5/c1-4-12-10(3)14(17-5-2)19-15(18-12)13-8-16-9-20(13)11-6-7-11/h8-9,11H,4-7H2,1-3H3,(H,17,18,19). The van der Waals surface area contributed by atoms with Crippen molar-refractivity contribution in [3.8, 4) is 11.5 Å². The number of rotatable bonds is 5. The molecule has 0 unspecified atom stereocenters. The van der Waals surface area contributed by atoms with Gasteiger partial charge in [-0.1, -0.05) is 6.92 Å². The van der Waals surface area contributed by atoms with Gasteiger partial charge in [0, 0.05) is 23.8 Å². The van der Waals surface area contributed by atoms with Crippen LogP contribution < -0.4 is 5.32 Å². The second kappa shape index (κ2) is 5.23. The first kappa shape index (κ1) is 13.1. The van der Waals surface area contributed by atoms with Crippen molar-refractivity contribution in [2.24, 2.45) is 0 Å². The van der Waals surface area contributed by atoms with Crippen molar-refractivity contribution in [1.82, 2.24) is 19.5 Å². The zero-order valence-electron chi connectivity index (χ0n) is 12.3. The van der Waals surface area contributed by atoms with Crippen molar-refractivity contribution < 1.29 is 0 Å². The van der Waals surface area contributed by atoms with Crippen LogP contribution in [0.2, 0.25) is 0 Å². The molecule has 1 aliphatic rings. The Kier molecular flexibility index (Phi) is 3.42. The molecule has 0 bridgehead atoms. The van der Waals surface area contributed by atoms with Crippen molar-refractivity contribution in [3.63, 3.8) is 0 Å². The van der Waals surface area contributed by atoms with Gasteiger partial charge < -0.3 is 9.88 Å². The summed E-state index contributed by atoms with van der Waals surface area (Å²) in [5.74, 6) is 1.73. The van der Waals surface area contributed by atoms with Crippen LogP contribution in [0.3, 0.4) is 0 Å². The van der Waals surface area contributed by atoms with E-state index in [4.69, 9.17) is 9.97 Å². The molecule has 3 rings (SSSR count). The molecule has 2 aromatic heterocycles. The Labute approximate surface area is 119 Å². The van der Waals surface area contributed by atoms with Crippen molar-refractivity contribution in [2.45, 2.75) is 46.1 Å². The second-order valence-electron chi connectivity index (χ2n) is 5.27. The number of nitrogens with zero attached hydrogens (tertiary/aromatic N) is 4. The molecular formula is C15H21N5. The molecule has 106 valence electrons. The van der Waals surface area contributed by atoms with Crippen molar-refractivity contribution in [2.75, 3.05) is 11.9 Å². The second-order valence-corrected chi connectivity index (χ2v) is 5.27. The molecule has 1 N–H and O–H groups in total. The molecular weight excluding hydrogens is 250 g/mol. The maximum Gasteiger partial charge on any atom is 0.180 e. The molecule has 1 fully saturated rings. The van der Waals surface area contributed by atoms with Crippen LogP contribution in [0.1, 0.15) is 44.0 Å². The fourth-order valence-corrected chi connectivity index (χ4v) is 2.48. The number of aromatic nitrogens is 4. The molecule has 5 nitrogen and oxygen atoms in total. The smallest absolute Gasteiger partial charge is 0.180 e. The van der Waals surface area contributed by atoms with E-state index in [0.29, 0.717) is 6.04 Å². The van der Waals surface area contributed by atoms with E-state index < -0.39 is 0 Å². The predicted molar refractivity (Wildman–Crippen MR) is 79.8 cm³/mol. The third-order valence-corrected chi connectivity index (χ3v) is 3.76. The highest BCUT2D eigenvalue weighted by Gasteiger charge is 2.26. The van der Waals surface area contributed by atoms with E-state index in [1.54, 1.807) is 0 Å². The van der Waals surface area contributed by atoms with Gasteiger partial charge in [-0.05, 0) is 33.1 Å². The van der Waals surface area contributed by atoms with E-state index >= 15 is 0 Å². The lowest BCUT2D eigenvalue weighted by atomic mass is 10.2. The molecule has 0 saturated heterocycles. The number of imidazole rings is 1. The lowest BCUT2D eigenvalue weighted by molar-refractivity contribution is 0.742. The lowest BCUT2D eigenvalue weighted by Crippen LogP contribution is -2.09. The van der Waals surface area contributed by atoms with Gasteiger partial charge in [0.2, 0.25) is 0 Å². The van der Waals surface area contributed by atoms with E-state index in [9.17, 15) is 0 Å². The minimum absolute atomic E-state index is 0.588. The Morgan fingerprint density at radius 3 is 2.75 bits per heavy atom. The Bertz CT molecular complexity index is 613. The summed E-state index contributed by atoms with van der Waals surface area (Å²) in [5, 5.41) is 3.34. The van der Waals surface area contributed by atoms with Crippen molar-refractivity contribution >= 4 is 5.82 Å². The zero-order chi connectivity index (χ0) is 14.1. The Morgan fingerprint density at radius 1 is 1.30 bits per heavy atom. The summed E-state index contributed by atoms with van der Waals surface area (Å²) in [6.45, 7) is 7.16. The zero-order valence-corrected chi connectivity index (χ0v) is 12.3. The van der Waals surface area contributed by atoms with Crippen LogP contribution in [0, 0.1) is 6.92 Å². The maximum absolute atomic E-state index is 4.74. The summed E-state index contributed by atoms with van der Waals surface area (Å²) < 4.78 is 2.21. The first-order valence-electron chi connectivity index (χ1n) is 7.38. The fourth-order valence-electron chi connectivity index (χ4n) is 2.48. The Balaban J connectivity index is 2.08. The third kappa shape index (κ3) is 2.28. The molecule has 5 heteroatoms. The summed E-state index contributed by atoms with van der Waals surface area (Å²) >= 11 is 0. The number of anilines is 1. The topological polar surface area (TPSA) is 55.6 Å². The van der Waals surface area contributed by atoms with Gasteiger partial charge in [0.25, 0.3) is 0 Å². The monoisotopic (exact) mass is 271 g/mol. The number of aryl methyl sites for hydroxylation is 1.